The molecule has 6 nitrogen and oxygen atoms in total. The maximum atomic E-state index is 5.66. The Balaban J connectivity index is 2.44. The molecular weight excluding hydrogens is 230 g/mol. The second-order valence-corrected chi connectivity index (χ2v) is 4.05. The van der Waals surface area contributed by atoms with Gasteiger partial charge in [-0.25, -0.2) is 4.98 Å². The molecule has 0 amide bonds. The van der Waals surface area contributed by atoms with Crippen molar-refractivity contribution in [3.63, 3.8) is 0 Å². The van der Waals surface area contributed by atoms with Gasteiger partial charge in [0.15, 0.2) is 0 Å². The fraction of sp³-hybridized carbons (Fsp3) is 0.417. The molecule has 2 aromatic rings. The van der Waals surface area contributed by atoms with Gasteiger partial charge in [-0.05, 0) is 13.3 Å². The van der Waals surface area contributed by atoms with E-state index in [0.717, 1.165) is 29.9 Å². The Kier molecular flexibility index (Phi) is 3.45. The van der Waals surface area contributed by atoms with E-state index in [-0.39, 0.29) is 5.95 Å². The van der Waals surface area contributed by atoms with E-state index in [9.17, 15) is 0 Å². The van der Waals surface area contributed by atoms with Crippen LogP contribution >= 0.6 is 0 Å². The SMILES string of the molecule is CCCn1cc(-c2cc(OC)nc(N)n2)c(C)n1. The van der Waals surface area contributed by atoms with Crippen LogP contribution in [0.25, 0.3) is 11.3 Å². The summed E-state index contributed by atoms with van der Waals surface area (Å²) in [5, 5.41) is 4.44. The molecule has 2 aromatic heterocycles. The zero-order valence-electron chi connectivity index (χ0n) is 10.8. The average molecular weight is 247 g/mol. The first-order valence-electron chi connectivity index (χ1n) is 5.87. The minimum absolute atomic E-state index is 0.201. The second kappa shape index (κ2) is 5.03. The maximum absolute atomic E-state index is 5.66. The standard InChI is InChI=1S/C12H17N5O/c1-4-5-17-7-9(8(2)16-17)10-6-11(18-3)15-12(13)14-10/h6-7H,4-5H2,1-3H3,(H2,13,14,15). The van der Waals surface area contributed by atoms with E-state index < -0.39 is 0 Å². The third-order valence-electron chi connectivity index (χ3n) is 2.60. The number of hydrogen-bond donors (Lipinski definition) is 1. The maximum Gasteiger partial charge on any atom is 0.223 e. The van der Waals surface area contributed by atoms with Gasteiger partial charge in [0.25, 0.3) is 0 Å². The Labute approximate surface area is 106 Å². The summed E-state index contributed by atoms with van der Waals surface area (Å²) in [6.07, 6.45) is 3.01. The average Bonchev–Trinajstić information content (AvgIpc) is 2.70. The molecule has 0 spiro atoms. The number of nitrogens with zero attached hydrogens (tertiary/aromatic N) is 4. The molecular formula is C12H17N5O. The number of nitrogens with two attached hydrogens (primary N) is 1. The van der Waals surface area contributed by atoms with E-state index in [4.69, 9.17) is 10.5 Å². The number of nitrogen functional groups attached to an aromatic ring is 1. The van der Waals surface area contributed by atoms with Crippen LogP contribution in [0.5, 0.6) is 5.88 Å². The molecule has 0 fully saturated rings. The molecule has 0 bridgehead atoms. The fourth-order valence-electron chi connectivity index (χ4n) is 1.80. The molecule has 2 heterocycles. The minimum Gasteiger partial charge on any atom is -0.481 e. The summed E-state index contributed by atoms with van der Waals surface area (Å²) in [5.74, 6) is 0.659. The first kappa shape index (κ1) is 12.3. The number of aryl methyl sites for hydroxylation is 2. The lowest BCUT2D eigenvalue weighted by Gasteiger charge is -2.03. The molecule has 0 aliphatic heterocycles. The Morgan fingerprint density at radius 1 is 1.39 bits per heavy atom. The fourth-order valence-corrected chi connectivity index (χ4v) is 1.80. The highest BCUT2D eigenvalue weighted by Crippen LogP contribution is 2.24. The molecule has 0 aromatic carbocycles. The molecule has 0 aliphatic rings. The van der Waals surface area contributed by atoms with Gasteiger partial charge in [-0.15, -0.1) is 0 Å². The monoisotopic (exact) mass is 247 g/mol. The van der Waals surface area contributed by atoms with Gasteiger partial charge in [0, 0.05) is 24.4 Å². The van der Waals surface area contributed by atoms with Crippen LogP contribution in [-0.4, -0.2) is 26.9 Å². The van der Waals surface area contributed by atoms with Crippen LogP contribution in [0.15, 0.2) is 12.3 Å². The molecule has 6 heteroatoms. The quantitative estimate of drug-likeness (QED) is 0.888. The predicted molar refractivity (Wildman–Crippen MR) is 69.2 cm³/mol. The summed E-state index contributed by atoms with van der Waals surface area (Å²) < 4.78 is 7.01. The van der Waals surface area contributed by atoms with Crippen LogP contribution in [0.2, 0.25) is 0 Å². The molecule has 0 aliphatic carbocycles. The summed E-state index contributed by atoms with van der Waals surface area (Å²) in [6, 6.07) is 1.76. The summed E-state index contributed by atoms with van der Waals surface area (Å²) in [5.41, 5.74) is 8.27. The molecule has 0 atom stereocenters. The Morgan fingerprint density at radius 3 is 2.83 bits per heavy atom. The van der Waals surface area contributed by atoms with E-state index in [1.165, 1.54) is 0 Å². The highest BCUT2D eigenvalue weighted by Gasteiger charge is 2.11. The van der Waals surface area contributed by atoms with Gasteiger partial charge in [-0.1, -0.05) is 6.92 Å². The topological polar surface area (TPSA) is 78.9 Å². The number of methoxy groups -OCH3 is 1. The summed E-state index contributed by atoms with van der Waals surface area (Å²) >= 11 is 0. The van der Waals surface area contributed by atoms with E-state index in [0.29, 0.717) is 5.88 Å². The second-order valence-electron chi connectivity index (χ2n) is 4.05. The first-order chi connectivity index (χ1) is 8.63. The van der Waals surface area contributed by atoms with Crippen LogP contribution in [0, 0.1) is 6.92 Å². The third-order valence-corrected chi connectivity index (χ3v) is 2.60. The largest absolute Gasteiger partial charge is 0.481 e. The van der Waals surface area contributed by atoms with Crippen molar-refractivity contribution in [2.24, 2.45) is 0 Å². The normalized spacial score (nSPS) is 10.6. The number of anilines is 1. The molecule has 0 saturated carbocycles. The van der Waals surface area contributed by atoms with Crippen LogP contribution < -0.4 is 10.5 Å². The van der Waals surface area contributed by atoms with Crippen LogP contribution in [0.1, 0.15) is 19.0 Å². The smallest absolute Gasteiger partial charge is 0.223 e. The van der Waals surface area contributed by atoms with E-state index >= 15 is 0 Å². The zero-order valence-corrected chi connectivity index (χ0v) is 10.8. The Morgan fingerprint density at radius 2 is 2.17 bits per heavy atom. The lowest BCUT2D eigenvalue weighted by Crippen LogP contribution is -1.99. The van der Waals surface area contributed by atoms with Crippen LogP contribution in [-0.2, 0) is 6.54 Å². The van der Waals surface area contributed by atoms with Crippen molar-refractivity contribution in [1.82, 2.24) is 19.7 Å². The van der Waals surface area contributed by atoms with Crippen molar-refractivity contribution < 1.29 is 4.74 Å². The molecule has 2 N–H and O–H groups in total. The van der Waals surface area contributed by atoms with Crippen LogP contribution in [0.3, 0.4) is 0 Å². The molecule has 2 rings (SSSR count). The lowest BCUT2D eigenvalue weighted by molar-refractivity contribution is 0.398. The van der Waals surface area contributed by atoms with Gasteiger partial charge in [-0.3, -0.25) is 4.68 Å². The van der Waals surface area contributed by atoms with Gasteiger partial charge in [-0.2, -0.15) is 10.1 Å². The van der Waals surface area contributed by atoms with E-state index in [1.807, 2.05) is 17.8 Å². The van der Waals surface area contributed by atoms with Gasteiger partial charge in [0.2, 0.25) is 11.8 Å². The van der Waals surface area contributed by atoms with E-state index in [1.54, 1.807) is 13.2 Å². The molecule has 0 saturated heterocycles. The van der Waals surface area contributed by atoms with Crippen molar-refractivity contribution in [3.8, 4) is 17.1 Å². The molecule has 96 valence electrons. The van der Waals surface area contributed by atoms with Gasteiger partial charge in [0.05, 0.1) is 18.5 Å². The summed E-state index contributed by atoms with van der Waals surface area (Å²) in [4.78, 5) is 8.19. The van der Waals surface area contributed by atoms with Crippen LogP contribution in [0.4, 0.5) is 5.95 Å². The number of rotatable bonds is 4. The summed E-state index contributed by atoms with van der Waals surface area (Å²) in [6.45, 7) is 4.95. The minimum atomic E-state index is 0.201. The Bertz CT molecular complexity index is 549. The highest BCUT2D eigenvalue weighted by atomic mass is 16.5. The predicted octanol–water partition coefficient (Wildman–Crippen LogP) is 1.65. The molecule has 18 heavy (non-hydrogen) atoms. The van der Waals surface area contributed by atoms with Gasteiger partial charge < -0.3 is 10.5 Å². The number of hydrogen-bond acceptors (Lipinski definition) is 5. The van der Waals surface area contributed by atoms with Crippen molar-refractivity contribution in [2.75, 3.05) is 12.8 Å². The van der Waals surface area contributed by atoms with Crippen molar-refractivity contribution in [2.45, 2.75) is 26.8 Å². The zero-order chi connectivity index (χ0) is 13.1. The number of aromatic nitrogens is 4. The molecule has 0 radical (unpaired) electrons. The Hall–Kier alpha value is -2.11. The highest BCUT2D eigenvalue weighted by molar-refractivity contribution is 5.62. The van der Waals surface area contributed by atoms with Crippen molar-refractivity contribution in [3.05, 3.63) is 18.0 Å². The van der Waals surface area contributed by atoms with Gasteiger partial charge >= 0.3 is 0 Å². The third kappa shape index (κ3) is 2.42. The van der Waals surface area contributed by atoms with Gasteiger partial charge in [0.1, 0.15) is 0 Å². The summed E-state index contributed by atoms with van der Waals surface area (Å²) in [7, 11) is 1.55. The molecule has 0 unspecified atom stereocenters. The lowest BCUT2D eigenvalue weighted by atomic mass is 10.2. The first-order valence-corrected chi connectivity index (χ1v) is 5.87. The number of ether oxygens (including phenoxy) is 1. The van der Waals surface area contributed by atoms with E-state index in [2.05, 4.69) is 22.0 Å². The van der Waals surface area contributed by atoms with Crippen molar-refractivity contribution in [1.29, 1.82) is 0 Å². The van der Waals surface area contributed by atoms with Crippen molar-refractivity contribution >= 4 is 5.95 Å².